The highest BCUT2D eigenvalue weighted by atomic mass is 31.2. The molecule has 0 unspecified atom stereocenters. The second-order valence-electron chi connectivity index (χ2n) is 26.4. The number of ketones is 2. The maximum absolute atomic E-state index is 14.4. The molecule has 706 valence electrons. The van der Waals surface area contributed by atoms with E-state index >= 15 is 0 Å². The van der Waals surface area contributed by atoms with Crippen LogP contribution in [0.1, 0.15) is 89.0 Å². The zero-order valence-corrected chi connectivity index (χ0v) is 73.9. The number of hydrogen-bond donors (Lipinski definition) is 3. The summed E-state index contributed by atoms with van der Waals surface area (Å²) in [6, 6.07) is 17.2. The van der Waals surface area contributed by atoms with Crippen molar-refractivity contribution in [1.29, 1.82) is 0 Å². The summed E-state index contributed by atoms with van der Waals surface area (Å²) < 4.78 is 168. The Morgan fingerprint density at radius 1 is 0.336 bits per heavy atom. The molecular formula is C84H132N7O33P. The molecule has 3 N–H and O–H groups in total. The van der Waals surface area contributed by atoms with Gasteiger partial charge >= 0.3 is 7.60 Å². The van der Waals surface area contributed by atoms with Gasteiger partial charge in [-0.2, -0.15) is 0 Å². The van der Waals surface area contributed by atoms with E-state index < -0.39 is 19.7 Å². The van der Waals surface area contributed by atoms with E-state index in [1.54, 1.807) is 68.8 Å². The van der Waals surface area contributed by atoms with Crippen LogP contribution < -0.4 is 47.9 Å². The van der Waals surface area contributed by atoms with Crippen molar-refractivity contribution in [3.05, 3.63) is 110 Å². The first kappa shape index (κ1) is 109. The number of benzene rings is 4. The Labute approximate surface area is 732 Å². The summed E-state index contributed by atoms with van der Waals surface area (Å²) in [5.41, 5.74) is 18.2. The van der Waals surface area contributed by atoms with E-state index in [2.05, 4.69) is 25.4 Å². The molecular weight excluding hydrogens is 1670 g/mol. The molecule has 4 aromatic carbocycles. The monoisotopic (exact) mass is 1800 g/mol. The number of carbonyl (C=O) groups is 3. The molecule has 4 rings (SSSR count). The average Bonchev–Trinajstić information content (AvgIpc) is 0.797. The van der Waals surface area contributed by atoms with E-state index in [0.717, 1.165) is 12.8 Å². The van der Waals surface area contributed by atoms with Crippen LogP contribution in [0.3, 0.4) is 0 Å². The first-order chi connectivity index (χ1) is 61.3. The number of rotatable bonds is 89. The standard InChI is InChI=1S/C84H132N7O33P/c1-5-18-100-29-33-106-41-45-110-49-55-119-78-63-70(65-80(82(78)123-59-53-114-35-31-102-22-16-88-90-85)121-57-51-112-47-43-108-39-37-104-27-25-98-3)76(92)9-7-20-116-74-61-72(84(94)87-15-24-118-73-13-11-69(12-14-73)68-125(95,96)97)62-75(67-74)117-21-8-10-77(93)71-64-79(120-56-50-111-46-42-107-34-30-101-19-6-2)83(124-60-54-115-36-32-103-23-17-89-91-86)81(66-71)122-58-52-113-48-44-109-40-38-105-28-26-99-4/h11-14,61-67H,5-10,15-60,68H2,1-4H3,(H,87,94)(H2,95,96,97). The molecule has 0 aromatic heterocycles. The van der Waals surface area contributed by atoms with E-state index in [1.165, 1.54) is 12.1 Å². The lowest BCUT2D eigenvalue weighted by Gasteiger charge is -2.19. The van der Waals surface area contributed by atoms with Crippen molar-refractivity contribution in [3.8, 4) is 51.7 Å². The van der Waals surface area contributed by atoms with Gasteiger partial charge in [-0.25, -0.2) is 0 Å². The van der Waals surface area contributed by atoms with E-state index in [1.807, 2.05) is 13.8 Å². The van der Waals surface area contributed by atoms with Gasteiger partial charge in [-0.1, -0.05) is 36.2 Å². The molecule has 0 spiro atoms. The lowest BCUT2D eigenvalue weighted by molar-refractivity contribution is -0.0000431. The Kier molecular flexibility index (Phi) is 66.5. The van der Waals surface area contributed by atoms with Crippen LogP contribution in [0.25, 0.3) is 20.9 Å². The molecule has 0 radical (unpaired) electrons. The van der Waals surface area contributed by atoms with Crippen LogP contribution in [-0.2, 0) is 96.0 Å². The quantitative estimate of drug-likeness (QED) is 0.00924. The van der Waals surface area contributed by atoms with Gasteiger partial charge in [-0.15, -0.1) is 0 Å². The largest absolute Gasteiger partial charge is 0.493 e. The zero-order chi connectivity index (χ0) is 89.6. The van der Waals surface area contributed by atoms with Gasteiger partial charge in [0.15, 0.2) is 34.6 Å². The number of carbonyl (C=O) groups excluding carboxylic acids is 3. The van der Waals surface area contributed by atoms with Crippen LogP contribution in [0.4, 0.5) is 0 Å². The van der Waals surface area contributed by atoms with Crippen LogP contribution in [0.15, 0.2) is 77.0 Å². The Morgan fingerprint density at radius 3 is 0.928 bits per heavy atom. The smallest absolute Gasteiger partial charge is 0.329 e. The summed E-state index contributed by atoms with van der Waals surface area (Å²) in [4.78, 5) is 67.3. The summed E-state index contributed by atoms with van der Waals surface area (Å²) in [5, 5.41) is 9.78. The Morgan fingerprint density at radius 2 is 0.624 bits per heavy atom. The van der Waals surface area contributed by atoms with Gasteiger partial charge in [0.1, 0.15) is 63.5 Å². The van der Waals surface area contributed by atoms with Gasteiger partial charge in [0, 0.05) is 85.9 Å². The minimum absolute atomic E-state index is 0.00831. The minimum Gasteiger partial charge on any atom is -0.493 e. The van der Waals surface area contributed by atoms with Crippen LogP contribution in [0, 0.1) is 0 Å². The number of ether oxygens (including phenoxy) is 27. The van der Waals surface area contributed by atoms with Gasteiger partial charge in [0.25, 0.3) is 5.91 Å². The highest BCUT2D eigenvalue weighted by molar-refractivity contribution is 7.50. The maximum Gasteiger partial charge on any atom is 0.329 e. The SMILES string of the molecule is CCCOCCOCCOCCOc1cc(C(=O)CCCOc2cc(OCCCC(=O)c3cc(OCCOCCOCCOCCC)c(OCCOCCOCCN=[N+]=[N-])c(OCCOCCOCCOCCOC)c3)cc(C(=O)NCCOc3ccc(CP(=O)(O)O)cc3)c2)cc(OCCOCCOCCOCCOC)c1OCCOCCOCCN=[N+]=[N-]. The summed E-state index contributed by atoms with van der Waals surface area (Å²) in [6.45, 7) is 15.9. The number of Topliss-reactive ketones (excluding diaryl/α,β-unsaturated/α-hetero) is 2. The highest BCUT2D eigenvalue weighted by Crippen LogP contribution is 2.42. The molecule has 0 aliphatic heterocycles. The van der Waals surface area contributed by atoms with Gasteiger partial charge in [-0.05, 0) is 90.8 Å². The first-order valence-electron chi connectivity index (χ1n) is 42.2. The molecule has 0 heterocycles. The highest BCUT2D eigenvalue weighted by Gasteiger charge is 2.23. The summed E-state index contributed by atoms with van der Waals surface area (Å²) in [7, 11) is -1.10. The average molecular weight is 1800 g/mol. The lowest BCUT2D eigenvalue weighted by Crippen LogP contribution is -2.28. The molecule has 0 bridgehead atoms. The van der Waals surface area contributed by atoms with Crippen LogP contribution in [0.5, 0.6) is 51.7 Å². The Hall–Kier alpha value is -8.06. The molecule has 0 atom stereocenters. The van der Waals surface area contributed by atoms with Crippen LogP contribution in [0.2, 0.25) is 0 Å². The molecule has 4 aromatic rings. The third kappa shape index (κ3) is 57.4. The molecule has 41 heteroatoms. The molecule has 0 saturated heterocycles. The Balaban J connectivity index is 1.59. The lowest BCUT2D eigenvalue weighted by atomic mass is 10.1. The fraction of sp³-hybridized carbons (Fsp3) is 0.679. The topological polar surface area (TPSA) is 468 Å². The summed E-state index contributed by atoms with van der Waals surface area (Å²) in [5.74, 6) is 0.891. The van der Waals surface area contributed by atoms with Crippen LogP contribution >= 0.6 is 7.60 Å². The Bertz CT molecular complexity index is 3390. The maximum atomic E-state index is 14.4. The van der Waals surface area contributed by atoms with Crippen LogP contribution in [-0.4, -0.2) is 345 Å². The summed E-state index contributed by atoms with van der Waals surface area (Å²) in [6.07, 6.45) is 1.70. The number of amides is 1. The molecule has 40 nitrogen and oxygen atoms in total. The van der Waals surface area contributed by atoms with Gasteiger partial charge in [0.2, 0.25) is 11.5 Å². The fourth-order valence-electron chi connectivity index (χ4n) is 10.5. The molecule has 0 aliphatic rings. The van der Waals surface area contributed by atoms with Crippen molar-refractivity contribution in [2.75, 3.05) is 318 Å². The molecule has 0 fully saturated rings. The molecule has 1 amide bonds. The zero-order valence-electron chi connectivity index (χ0n) is 73.0. The van der Waals surface area contributed by atoms with E-state index in [-0.39, 0.29) is 285 Å². The van der Waals surface area contributed by atoms with Crippen molar-refractivity contribution < 1.29 is 157 Å². The number of hydrogen-bond acceptors (Lipinski definition) is 33. The first-order valence-corrected chi connectivity index (χ1v) is 44.0. The van der Waals surface area contributed by atoms with Gasteiger partial charge in [0.05, 0.1) is 237 Å². The van der Waals surface area contributed by atoms with Crippen molar-refractivity contribution in [2.45, 2.75) is 58.5 Å². The van der Waals surface area contributed by atoms with Crippen molar-refractivity contribution in [2.24, 2.45) is 10.2 Å². The third-order valence-electron chi connectivity index (χ3n) is 16.4. The second-order valence-corrected chi connectivity index (χ2v) is 28.0. The molecule has 0 saturated carbocycles. The van der Waals surface area contributed by atoms with E-state index in [9.17, 15) is 28.7 Å². The van der Waals surface area contributed by atoms with Crippen molar-refractivity contribution in [3.63, 3.8) is 0 Å². The predicted octanol–water partition coefficient (Wildman–Crippen LogP) is 9.53. The fourth-order valence-corrected chi connectivity index (χ4v) is 11.2. The van der Waals surface area contributed by atoms with Crippen molar-refractivity contribution in [1.82, 2.24) is 5.32 Å². The van der Waals surface area contributed by atoms with Gasteiger partial charge < -0.3 is 143 Å². The number of nitrogens with one attached hydrogen (secondary N) is 1. The predicted molar refractivity (Wildman–Crippen MR) is 456 cm³/mol. The van der Waals surface area contributed by atoms with Crippen molar-refractivity contribution >= 4 is 25.1 Å². The molecule has 125 heavy (non-hydrogen) atoms. The summed E-state index contributed by atoms with van der Waals surface area (Å²) >= 11 is 0. The van der Waals surface area contributed by atoms with E-state index in [0.29, 0.717) is 130 Å². The second kappa shape index (κ2) is 76.0. The molecule has 0 aliphatic carbocycles. The normalized spacial score (nSPS) is 11.3. The minimum atomic E-state index is -4.30. The number of methoxy groups -OCH3 is 2. The third-order valence-corrected chi connectivity index (χ3v) is 17.2. The number of nitrogens with zero attached hydrogens (tertiary/aromatic N) is 6. The number of azide groups is 2. The van der Waals surface area contributed by atoms with E-state index in [4.69, 9.17) is 139 Å². The van der Waals surface area contributed by atoms with Gasteiger partial charge in [-0.3, -0.25) is 18.9 Å².